The summed E-state index contributed by atoms with van der Waals surface area (Å²) in [7, 11) is 0. The van der Waals surface area contributed by atoms with Crippen molar-refractivity contribution in [2.75, 3.05) is 0 Å². The zero-order chi connectivity index (χ0) is 12.7. The second kappa shape index (κ2) is 3.95. The number of fused-ring (bicyclic) bond motifs is 1. The minimum atomic E-state index is 0.927. The Kier molecular flexibility index (Phi) is 2.40. The molecule has 90 valence electrons. The molecule has 0 aliphatic carbocycles. The molecule has 0 N–H and O–H groups in total. The van der Waals surface area contributed by atoms with E-state index in [4.69, 9.17) is 0 Å². The van der Waals surface area contributed by atoms with Gasteiger partial charge in [0.25, 0.3) is 0 Å². The summed E-state index contributed by atoms with van der Waals surface area (Å²) in [4.78, 5) is 4.60. The van der Waals surface area contributed by atoms with Crippen LogP contribution in [0.4, 0.5) is 0 Å². The van der Waals surface area contributed by atoms with E-state index >= 15 is 0 Å². The molecule has 0 radical (unpaired) electrons. The van der Waals surface area contributed by atoms with E-state index in [1.807, 2.05) is 30.6 Å². The average molecular weight is 237 g/mol. The normalized spacial score (nSPS) is 11.1. The van der Waals surface area contributed by atoms with E-state index in [0.717, 1.165) is 28.2 Å². The fourth-order valence-corrected chi connectivity index (χ4v) is 2.21. The maximum absolute atomic E-state index is 4.60. The minimum Gasteiger partial charge on any atom is -0.233 e. The van der Waals surface area contributed by atoms with Gasteiger partial charge in [0.2, 0.25) is 0 Å². The molecule has 3 heteroatoms. The van der Waals surface area contributed by atoms with E-state index in [9.17, 15) is 0 Å². The lowest BCUT2D eigenvalue weighted by Crippen LogP contribution is -1.97. The van der Waals surface area contributed by atoms with Crippen LogP contribution in [0, 0.1) is 20.8 Å². The molecule has 18 heavy (non-hydrogen) atoms. The van der Waals surface area contributed by atoms with Gasteiger partial charge in [-0.2, -0.15) is 5.10 Å². The number of hydrogen-bond acceptors (Lipinski definition) is 2. The second-order valence-corrected chi connectivity index (χ2v) is 4.70. The molecule has 2 heterocycles. The monoisotopic (exact) mass is 237 g/mol. The van der Waals surface area contributed by atoms with E-state index in [-0.39, 0.29) is 0 Å². The number of aromatic nitrogens is 3. The number of hydrogen-bond donors (Lipinski definition) is 0. The van der Waals surface area contributed by atoms with E-state index in [1.165, 1.54) is 5.56 Å². The predicted molar refractivity (Wildman–Crippen MR) is 72.6 cm³/mol. The van der Waals surface area contributed by atoms with Crippen LogP contribution in [0.15, 0.2) is 36.5 Å². The third kappa shape index (κ3) is 1.68. The largest absolute Gasteiger partial charge is 0.233 e. The van der Waals surface area contributed by atoms with Gasteiger partial charge in [-0.1, -0.05) is 29.8 Å². The Morgan fingerprint density at radius 3 is 2.44 bits per heavy atom. The van der Waals surface area contributed by atoms with Crippen molar-refractivity contribution in [3.8, 4) is 11.1 Å². The van der Waals surface area contributed by atoms with Gasteiger partial charge in [-0.15, -0.1) is 0 Å². The molecule has 0 saturated heterocycles. The van der Waals surface area contributed by atoms with Crippen LogP contribution in [-0.4, -0.2) is 14.6 Å². The van der Waals surface area contributed by atoms with Gasteiger partial charge in [-0.3, -0.25) is 0 Å². The van der Waals surface area contributed by atoms with Crippen molar-refractivity contribution >= 4 is 5.65 Å². The lowest BCUT2D eigenvalue weighted by molar-refractivity contribution is 0.886. The third-order valence-electron chi connectivity index (χ3n) is 3.14. The van der Waals surface area contributed by atoms with Crippen molar-refractivity contribution in [2.45, 2.75) is 20.8 Å². The Morgan fingerprint density at radius 2 is 1.72 bits per heavy atom. The van der Waals surface area contributed by atoms with Crippen molar-refractivity contribution < 1.29 is 0 Å². The number of benzene rings is 1. The molecule has 3 aromatic rings. The molecular formula is C15H15N3. The molecule has 3 rings (SSSR count). The van der Waals surface area contributed by atoms with E-state index in [0.29, 0.717) is 0 Å². The molecule has 0 atom stereocenters. The first kappa shape index (κ1) is 11.0. The van der Waals surface area contributed by atoms with Gasteiger partial charge in [-0.05, 0) is 32.4 Å². The summed E-state index contributed by atoms with van der Waals surface area (Å²) >= 11 is 0. The Balaban J connectivity index is 2.27. The van der Waals surface area contributed by atoms with E-state index < -0.39 is 0 Å². The van der Waals surface area contributed by atoms with Crippen LogP contribution >= 0.6 is 0 Å². The molecule has 0 amide bonds. The first-order chi connectivity index (χ1) is 8.65. The predicted octanol–water partition coefficient (Wildman–Crippen LogP) is 3.32. The zero-order valence-corrected chi connectivity index (χ0v) is 10.8. The van der Waals surface area contributed by atoms with Crippen molar-refractivity contribution in [3.63, 3.8) is 0 Å². The van der Waals surface area contributed by atoms with E-state index in [1.54, 1.807) is 0 Å². The average Bonchev–Trinajstić information content (AvgIpc) is 2.74. The second-order valence-electron chi connectivity index (χ2n) is 4.70. The molecule has 0 unspecified atom stereocenters. The highest BCUT2D eigenvalue weighted by molar-refractivity contribution is 5.77. The summed E-state index contributed by atoms with van der Waals surface area (Å²) in [6, 6.07) is 10.5. The van der Waals surface area contributed by atoms with Gasteiger partial charge >= 0.3 is 0 Å². The van der Waals surface area contributed by atoms with Crippen molar-refractivity contribution in [1.82, 2.24) is 14.6 Å². The molecule has 0 spiro atoms. The van der Waals surface area contributed by atoms with Crippen LogP contribution in [0.25, 0.3) is 16.8 Å². The van der Waals surface area contributed by atoms with Crippen LogP contribution < -0.4 is 0 Å². The van der Waals surface area contributed by atoms with E-state index in [2.05, 4.69) is 41.3 Å². The van der Waals surface area contributed by atoms with Crippen LogP contribution in [0.1, 0.15) is 17.0 Å². The van der Waals surface area contributed by atoms with Gasteiger partial charge in [-0.25, -0.2) is 9.50 Å². The zero-order valence-electron chi connectivity index (χ0n) is 10.8. The van der Waals surface area contributed by atoms with Crippen molar-refractivity contribution in [1.29, 1.82) is 0 Å². The highest BCUT2D eigenvalue weighted by atomic mass is 15.2. The van der Waals surface area contributed by atoms with Crippen LogP contribution in [-0.2, 0) is 0 Å². The summed E-state index contributed by atoms with van der Waals surface area (Å²) in [5.41, 5.74) is 6.56. The molecule has 0 fully saturated rings. The Bertz CT molecular complexity index is 708. The first-order valence-corrected chi connectivity index (χ1v) is 6.04. The summed E-state index contributed by atoms with van der Waals surface area (Å²) in [5.74, 6) is 0. The smallest absolute Gasteiger partial charge is 0.163 e. The molecule has 1 aromatic carbocycles. The standard InChI is InChI=1S/C15H15N3/c1-10-4-6-13(7-5-10)14-9-16-18-12(3)8-11(2)17-15(14)18/h4-9H,1-3H3. The molecule has 3 nitrogen and oxygen atoms in total. The fraction of sp³-hybridized carbons (Fsp3) is 0.200. The van der Waals surface area contributed by atoms with Crippen LogP contribution in [0.2, 0.25) is 0 Å². The topological polar surface area (TPSA) is 30.2 Å². The molecule has 0 aliphatic rings. The quantitative estimate of drug-likeness (QED) is 0.650. The fourth-order valence-electron chi connectivity index (χ4n) is 2.21. The first-order valence-electron chi connectivity index (χ1n) is 6.04. The molecule has 0 saturated carbocycles. The summed E-state index contributed by atoms with van der Waals surface area (Å²) in [6.07, 6.45) is 1.89. The SMILES string of the molecule is Cc1ccc(-c2cnn3c(C)cc(C)nc23)cc1. The summed E-state index contributed by atoms with van der Waals surface area (Å²) in [6.45, 7) is 6.15. The maximum atomic E-state index is 4.60. The van der Waals surface area contributed by atoms with Gasteiger partial charge in [0.1, 0.15) is 0 Å². The molecule has 2 aromatic heterocycles. The molecule has 0 bridgehead atoms. The van der Waals surface area contributed by atoms with Crippen LogP contribution in [0.5, 0.6) is 0 Å². The number of aryl methyl sites for hydroxylation is 3. The maximum Gasteiger partial charge on any atom is 0.163 e. The molecular weight excluding hydrogens is 222 g/mol. The highest BCUT2D eigenvalue weighted by Crippen LogP contribution is 2.24. The lowest BCUT2D eigenvalue weighted by atomic mass is 10.1. The van der Waals surface area contributed by atoms with Gasteiger partial charge < -0.3 is 0 Å². The number of rotatable bonds is 1. The number of nitrogens with zero attached hydrogens (tertiary/aromatic N) is 3. The van der Waals surface area contributed by atoms with Crippen LogP contribution in [0.3, 0.4) is 0 Å². The van der Waals surface area contributed by atoms with Gasteiger partial charge in [0, 0.05) is 17.0 Å². The Morgan fingerprint density at radius 1 is 1.00 bits per heavy atom. The van der Waals surface area contributed by atoms with Crippen molar-refractivity contribution in [3.05, 3.63) is 53.5 Å². The highest BCUT2D eigenvalue weighted by Gasteiger charge is 2.09. The summed E-state index contributed by atoms with van der Waals surface area (Å²) < 4.78 is 1.89. The van der Waals surface area contributed by atoms with Gasteiger partial charge in [0.15, 0.2) is 5.65 Å². The van der Waals surface area contributed by atoms with Crippen molar-refractivity contribution in [2.24, 2.45) is 0 Å². The third-order valence-corrected chi connectivity index (χ3v) is 3.14. The Hall–Kier alpha value is -2.16. The van der Waals surface area contributed by atoms with Gasteiger partial charge in [0.05, 0.1) is 6.20 Å². The minimum absolute atomic E-state index is 0.927. The Labute approximate surface area is 106 Å². The summed E-state index contributed by atoms with van der Waals surface area (Å²) in [5, 5.41) is 4.41. The lowest BCUT2D eigenvalue weighted by Gasteiger charge is -2.03. The molecule has 0 aliphatic heterocycles.